The Hall–Kier alpha value is -1.93. The van der Waals surface area contributed by atoms with Crippen LogP contribution in [0.5, 0.6) is 0 Å². The zero-order valence-corrected chi connectivity index (χ0v) is 14.5. The van der Waals surface area contributed by atoms with Crippen molar-refractivity contribution in [1.82, 2.24) is 9.97 Å². The molecule has 7 nitrogen and oxygen atoms in total. The number of hydrogen-bond acceptors (Lipinski definition) is 4. The van der Waals surface area contributed by atoms with E-state index in [0.29, 0.717) is 22.8 Å². The van der Waals surface area contributed by atoms with Crippen LogP contribution in [-0.4, -0.2) is 9.97 Å². The van der Waals surface area contributed by atoms with Crippen molar-refractivity contribution < 1.29 is 32.1 Å². The van der Waals surface area contributed by atoms with Gasteiger partial charge >= 0.3 is 61.6 Å². The Morgan fingerprint density at radius 3 is 1.27 bits per heavy atom. The van der Waals surface area contributed by atoms with E-state index in [1.165, 1.54) is 18.2 Å². The summed E-state index contributed by atoms with van der Waals surface area (Å²) in [5.74, 6) is 0. The van der Waals surface area contributed by atoms with Crippen LogP contribution in [0.1, 0.15) is 0 Å². The van der Waals surface area contributed by atoms with Crippen LogP contribution in [0.2, 0.25) is 0 Å². The molecule has 2 rings (SSSR count). The number of pyridine rings is 2. The summed E-state index contributed by atoms with van der Waals surface area (Å²) in [5, 5.41) is 0. The molecule has 2 heterocycles. The van der Waals surface area contributed by atoms with Crippen molar-refractivity contribution in [2.45, 2.75) is 0 Å². The van der Waals surface area contributed by atoms with E-state index in [-0.39, 0.29) is 0 Å². The van der Waals surface area contributed by atoms with Gasteiger partial charge in [0, 0.05) is 12.4 Å². The van der Waals surface area contributed by atoms with Crippen LogP contribution in [0, 0.1) is 20.0 Å². The fraction of sp³-hybridized carbons (Fsp3) is 0. The Morgan fingerprint density at radius 1 is 0.773 bits per heavy atom. The summed E-state index contributed by atoms with van der Waals surface area (Å²) < 4.78 is 22.5. The Labute approximate surface area is 142 Å². The summed E-state index contributed by atoms with van der Waals surface area (Å²) in [4.78, 5) is 8.28. The Bertz CT molecular complexity index is 533. The summed E-state index contributed by atoms with van der Waals surface area (Å²) in [6, 6.07) is 7.10. The van der Waals surface area contributed by atoms with Gasteiger partial charge in [-0.25, -0.2) is 0 Å². The number of hydrogen-bond donors (Lipinski definition) is 2. The van der Waals surface area contributed by atoms with Crippen LogP contribution in [0.4, 0.5) is 11.4 Å². The first kappa shape index (κ1) is 25.1. The second-order valence-electron chi connectivity index (χ2n) is 2.88. The Morgan fingerprint density at radius 2 is 1.05 bits per heavy atom. The first-order chi connectivity index (χ1) is 10.8. The van der Waals surface area contributed by atoms with Gasteiger partial charge in [0.2, 0.25) is 0 Å². The van der Waals surface area contributed by atoms with E-state index in [1.807, 2.05) is 0 Å². The summed E-state index contributed by atoms with van der Waals surface area (Å²) in [5.41, 5.74) is 13.9. The van der Waals surface area contributed by atoms with Gasteiger partial charge in [-0.3, -0.25) is 9.97 Å². The van der Waals surface area contributed by atoms with E-state index in [9.17, 15) is 0 Å². The molecule has 0 aliphatic carbocycles. The van der Waals surface area contributed by atoms with Gasteiger partial charge in [0.25, 0.3) is 0 Å². The number of nitrogen functional groups attached to an aromatic ring is 2. The van der Waals surface area contributed by atoms with Gasteiger partial charge in [-0.1, -0.05) is 0 Å². The number of anilines is 2. The van der Waals surface area contributed by atoms with Crippen molar-refractivity contribution in [3.05, 3.63) is 56.6 Å². The van der Waals surface area contributed by atoms with E-state index >= 15 is 0 Å². The third kappa shape index (κ3) is 9.09. The molecule has 22 heavy (non-hydrogen) atoms. The zero-order valence-electron chi connectivity index (χ0n) is 11.0. The molecule has 0 unspecified atom stereocenters. The molecule has 0 aromatic carbocycles. The molecule has 0 aliphatic heterocycles. The molecular weight excluding hydrogens is 482 g/mol. The van der Waals surface area contributed by atoms with E-state index in [4.69, 9.17) is 35.0 Å². The van der Waals surface area contributed by atoms with Crippen LogP contribution in [-0.2, 0) is 32.1 Å². The molecule has 0 bridgehead atoms. The van der Waals surface area contributed by atoms with Crippen molar-refractivity contribution >= 4 is 20.9 Å². The number of rotatable bonds is 1. The van der Waals surface area contributed by atoms with Gasteiger partial charge < -0.3 is 11.5 Å². The average Bonchev–Trinajstić information content (AvgIpc) is 2.63. The number of aromatic nitrogens is 2. The third-order valence-electron chi connectivity index (χ3n) is 1.90. The molecule has 9 heteroatoms. The zero-order chi connectivity index (χ0) is 18.0. The molecule has 0 fully saturated rings. The van der Waals surface area contributed by atoms with Crippen molar-refractivity contribution in [1.29, 1.82) is 0 Å². The second kappa shape index (κ2) is 19.1. The number of nitrogens with zero attached hydrogens (tertiary/aromatic N) is 2. The van der Waals surface area contributed by atoms with E-state index in [2.05, 4.69) is 29.9 Å². The van der Waals surface area contributed by atoms with Gasteiger partial charge in [-0.15, -0.1) is 0 Å². The van der Waals surface area contributed by atoms with Gasteiger partial charge in [-0.2, -0.15) is 0 Å². The topological polar surface area (TPSA) is 138 Å². The molecule has 114 valence electrons. The van der Waals surface area contributed by atoms with Crippen LogP contribution >= 0.6 is 9.53 Å². The van der Waals surface area contributed by atoms with Crippen LogP contribution < -0.4 is 11.5 Å². The molecule has 0 spiro atoms. The monoisotopic (exact) mass is 492 g/mol. The Balaban J connectivity index is -0.000000394. The van der Waals surface area contributed by atoms with Crippen LogP contribution in [0.15, 0.2) is 36.7 Å². The van der Waals surface area contributed by atoms with Crippen molar-refractivity contribution in [3.8, 4) is 11.4 Å². The molecular formula is C13H10ClN4O3Re. The molecule has 4 N–H and O–H groups in total. The first-order valence-electron chi connectivity index (χ1n) is 4.96. The normalized spacial score (nSPS) is 6.91. The maximum atomic E-state index is 7.50. The number of nitrogens with two attached hydrogens (primary N) is 2. The summed E-state index contributed by atoms with van der Waals surface area (Å²) in [6.45, 7) is 13.5. The van der Waals surface area contributed by atoms with Crippen LogP contribution in [0.25, 0.3) is 11.4 Å². The maximum absolute atomic E-state index is 7.50. The van der Waals surface area contributed by atoms with Gasteiger partial charge in [-0.05, 0) is 24.3 Å². The van der Waals surface area contributed by atoms with E-state index in [1.54, 1.807) is 36.7 Å². The molecule has 0 amide bonds. The number of halogens is 1. The first-order valence-corrected chi connectivity index (χ1v) is 8.32. The van der Waals surface area contributed by atoms with E-state index in [0.717, 1.165) is 0 Å². The SMILES string of the molecule is Nc1cccnc1-c1ncccc1N.[C-]#[O+].[C-]#[O+].[C-]#[O+].[Cl][Re]. The average molecular weight is 492 g/mol. The van der Waals surface area contributed by atoms with Crippen LogP contribution in [0.3, 0.4) is 0 Å². The van der Waals surface area contributed by atoms with Crippen molar-refractivity contribution in [3.63, 3.8) is 0 Å². The molecule has 0 saturated carbocycles. The molecule has 0 saturated heterocycles. The van der Waals surface area contributed by atoms with Crippen molar-refractivity contribution in [2.24, 2.45) is 0 Å². The van der Waals surface area contributed by atoms with Gasteiger partial charge in [0.05, 0.1) is 11.4 Å². The van der Waals surface area contributed by atoms with Gasteiger partial charge in [0.15, 0.2) is 0 Å². The second-order valence-corrected chi connectivity index (χ2v) is 2.88. The Kier molecular flexibility index (Phi) is 21.7. The molecule has 0 atom stereocenters. The third-order valence-corrected chi connectivity index (χ3v) is 1.90. The standard InChI is InChI=1S/C10H10N4.3CO.ClH.Re/c11-7-3-1-5-13-9(7)10-8(12)4-2-6-14-10;3*1-2;;/h1-6H,11-12H2;;;;1H;/q;;;;;+1/p-1. The molecule has 0 radical (unpaired) electrons. The minimum atomic E-state index is 0.581. The summed E-state index contributed by atoms with van der Waals surface area (Å²) in [7, 11) is 4.69. The summed E-state index contributed by atoms with van der Waals surface area (Å²) >= 11 is 1.19. The predicted molar refractivity (Wildman–Crippen MR) is 73.9 cm³/mol. The molecule has 2 aromatic heterocycles. The quantitative estimate of drug-likeness (QED) is 0.464. The molecule has 2 aromatic rings. The molecule has 0 aliphatic rings. The van der Waals surface area contributed by atoms with Crippen molar-refractivity contribution in [2.75, 3.05) is 11.5 Å². The van der Waals surface area contributed by atoms with Gasteiger partial charge in [0.1, 0.15) is 11.4 Å². The fourth-order valence-electron chi connectivity index (χ4n) is 1.23. The van der Waals surface area contributed by atoms with E-state index < -0.39 is 0 Å². The predicted octanol–water partition coefficient (Wildman–Crippen LogP) is 1.88. The minimum absolute atomic E-state index is 0.581. The summed E-state index contributed by atoms with van der Waals surface area (Å²) in [6.07, 6.45) is 3.33. The fourth-order valence-corrected chi connectivity index (χ4v) is 1.23.